The molecule has 0 spiro atoms. The minimum atomic E-state index is -5.34. The first-order chi connectivity index (χ1) is 15.4. The van der Waals surface area contributed by atoms with Crippen molar-refractivity contribution in [1.29, 1.82) is 5.26 Å². The third-order valence-electron chi connectivity index (χ3n) is 5.00. The molecule has 1 atom stereocenters. The van der Waals surface area contributed by atoms with Crippen LogP contribution in [-0.4, -0.2) is 12.0 Å². The number of carbonyl (C=O) groups excluding carboxylic acids is 1. The topological polar surface area (TPSA) is 66.9 Å². The van der Waals surface area contributed by atoms with E-state index < -0.39 is 28.8 Å². The molecule has 0 amide bonds. The van der Waals surface area contributed by atoms with Gasteiger partial charge in [0.15, 0.2) is 5.78 Å². The average Bonchev–Trinajstić information content (AvgIpc) is 2.75. The lowest BCUT2D eigenvalue weighted by Gasteiger charge is -2.29. The Balaban J connectivity index is 2.02. The van der Waals surface area contributed by atoms with E-state index in [1.807, 2.05) is 6.07 Å². The number of nitrogens with zero attached hydrogens (tertiary/aromatic N) is 1. The number of carbonyl (C=O) groups is 1. The van der Waals surface area contributed by atoms with Crippen LogP contribution in [0.3, 0.4) is 0 Å². The first kappa shape index (κ1) is 24.8. The predicted octanol–water partition coefficient (Wildman–Crippen LogP) is 7.30. The summed E-state index contributed by atoms with van der Waals surface area (Å²) < 4.78 is 57.3. The molecule has 170 valence electrons. The Morgan fingerprint density at radius 3 is 1.97 bits per heavy atom. The molecule has 0 aliphatic heterocycles. The zero-order valence-electron chi connectivity index (χ0n) is 16.5. The van der Waals surface area contributed by atoms with Gasteiger partial charge in [0, 0.05) is 38.2 Å². The first-order valence-electron chi connectivity index (χ1n) is 9.21. The summed E-state index contributed by atoms with van der Waals surface area (Å²) in [5, 5.41) is 8.44. The maximum Gasteiger partial charge on any atom is 0.431 e. The highest BCUT2D eigenvalue weighted by Gasteiger charge is 2.58. The number of anilines is 1. The van der Waals surface area contributed by atoms with Crippen LogP contribution < -0.4 is 5.73 Å². The first-order valence-corrected chi connectivity index (χ1v) is 10.3. The van der Waals surface area contributed by atoms with Crippen molar-refractivity contribution in [3.8, 4) is 6.07 Å². The quantitative estimate of drug-likeness (QED) is 0.220. The summed E-state index contributed by atoms with van der Waals surface area (Å²) in [6.07, 6.45) is -5.72. The Morgan fingerprint density at radius 1 is 0.909 bits per heavy atom. The number of nitriles is 1. The molecule has 33 heavy (non-hydrogen) atoms. The SMILES string of the molecule is N#Cc1ccc(C(=O)Cc2c(Cl)cc(C(F)(c3ccc(Cl)cc3)C(F)(F)F)cc2Cl)cc1N. The van der Waals surface area contributed by atoms with E-state index in [1.54, 1.807) is 0 Å². The lowest BCUT2D eigenvalue weighted by molar-refractivity contribution is -0.219. The molecule has 3 aromatic carbocycles. The van der Waals surface area contributed by atoms with Crippen molar-refractivity contribution < 1.29 is 22.4 Å². The number of ketones is 1. The third-order valence-corrected chi connectivity index (χ3v) is 5.93. The van der Waals surface area contributed by atoms with Crippen molar-refractivity contribution in [3.05, 3.63) is 97.5 Å². The Hall–Kier alpha value is -2.79. The normalized spacial score (nSPS) is 13.3. The predicted molar refractivity (Wildman–Crippen MR) is 119 cm³/mol. The fourth-order valence-corrected chi connectivity index (χ4v) is 3.99. The zero-order chi connectivity index (χ0) is 24.6. The number of hydrogen-bond acceptors (Lipinski definition) is 3. The summed E-state index contributed by atoms with van der Waals surface area (Å²) in [6.45, 7) is 0. The standard InChI is InChI=1S/C23H13Cl3F4N2O/c24-16-5-3-14(4-6-16)22(27,23(28,29)30)15-8-18(25)17(19(26)9-15)10-21(33)12-1-2-13(11-31)20(32)7-12/h1-9H,10,32H2. The zero-order valence-corrected chi connectivity index (χ0v) is 18.7. The molecule has 0 aromatic heterocycles. The molecule has 2 N–H and O–H groups in total. The van der Waals surface area contributed by atoms with E-state index >= 15 is 4.39 Å². The average molecular weight is 516 g/mol. The molecular weight excluding hydrogens is 503 g/mol. The molecule has 10 heteroatoms. The van der Waals surface area contributed by atoms with Crippen molar-refractivity contribution in [2.45, 2.75) is 18.3 Å². The number of nitrogen functional groups attached to an aromatic ring is 1. The molecule has 0 radical (unpaired) electrons. The van der Waals surface area contributed by atoms with E-state index in [2.05, 4.69) is 0 Å². The van der Waals surface area contributed by atoms with Gasteiger partial charge in [-0.2, -0.15) is 18.4 Å². The van der Waals surface area contributed by atoms with E-state index in [1.165, 1.54) is 18.2 Å². The number of Topliss-reactive ketones (excluding diaryl/α,β-unsaturated/α-hetero) is 1. The van der Waals surface area contributed by atoms with Crippen LogP contribution in [0.15, 0.2) is 54.6 Å². The van der Waals surface area contributed by atoms with E-state index in [4.69, 9.17) is 45.8 Å². The van der Waals surface area contributed by atoms with Gasteiger partial charge in [0.2, 0.25) is 0 Å². The van der Waals surface area contributed by atoms with Gasteiger partial charge in [0.05, 0.1) is 11.3 Å². The van der Waals surface area contributed by atoms with E-state index in [-0.39, 0.29) is 43.9 Å². The van der Waals surface area contributed by atoms with Gasteiger partial charge >= 0.3 is 6.18 Å². The van der Waals surface area contributed by atoms with Gasteiger partial charge in [-0.3, -0.25) is 4.79 Å². The van der Waals surface area contributed by atoms with Crippen molar-refractivity contribution in [2.24, 2.45) is 0 Å². The Morgan fingerprint density at radius 2 is 1.48 bits per heavy atom. The van der Waals surface area contributed by atoms with Crippen LogP contribution in [0, 0.1) is 11.3 Å². The molecule has 0 aliphatic rings. The van der Waals surface area contributed by atoms with Crippen molar-refractivity contribution in [3.63, 3.8) is 0 Å². The second-order valence-corrected chi connectivity index (χ2v) is 8.35. The fraction of sp³-hybridized carbons (Fsp3) is 0.130. The summed E-state index contributed by atoms with van der Waals surface area (Å²) in [4.78, 5) is 12.6. The number of nitrogens with two attached hydrogens (primary N) is 1. The van der Waals surface area contributed by atoms with Gasteiger partial charge in [-0.15, -0.1) is 0 Å². The second-order valence-electron chi connectivity index (χ2n) is 7.10. The van der Waals surface area contributed by atoms with Gasteiger partial charge in [0.1, 0.15) is 6.07 Å². The Bertz CT molecular complexity index is 1250. The Labute approximate surface area is 201 Å². The molecule has 3 rings (SSSR count). The smallest absolute Gasteiger partial charge is 0.398 e. The number of benzene rings is 3. The monoisotopic (exact) mass is 514 g/mol. The largest absolute Gasteiger partial charge is 0.431 e. The van der Waals surface area contributed by atoms with E-state index in [0.29, 0.717) is 0 Å². The summed E-state index contributed by atoms with van der Waals surface area (Å²) in [5.74, 6) is -0.497. The highest BCUT2D eigenvalue weighted by atomic mass is 35.5. The third kappa shape index (κ3) is 4.79. The number of rotatable bonds is 5. The second kappa shape index (κ2) is 9.22. The van der Waals surface area contributed by atoms with Crippen LogP contribution in [0.25, 0.3) is 0 Å². The summed E-state index contributed by atoms with van der Waals surface area (Å²) in [6, 6.07) is 11.6. The van der Waals surface area contributed by atoms with Gasteiger partial charge in [-0.1, -0.05) is 46.9 Å². The van der Waals surface area contributed by atoms with Crippen LogP contribution in [0.2, 0.25) is 15.1 Å². The van der Waals surface area contributed by atoms with Gasteiger partial charge in [-0.05, 0) is 48.0 Å². The highest BCUT2D eigenvalue weighted by Crippen LogP contribution is 2.49. The molecule has 3 aromatic rings. The van der Waals surface area contributed by atoms with Crippen LogP contribution in [0.1, 0.15) is 32.6 Å². The molecule has 0 saturated carbocycles. The van der Waals surface area contributed by atoms with Gasteiger partial charge < -0.3 is 5.73 Å². The fourth-order valence-electron chi connectivity index (χ4n) is 3.24. The summed E-state index contributed by atoms with van der Waals surface area (Å²) in [7, 11) is 0. The molecular formula is C23H13Cl3F4N2O. The van der Waals surface area contributed by atoms with Gasteiger partial charge in [0.25, 0.3) is 5.67 Å². The molecule has 0 bridgehead atoms. The highest BCUT2D eigenvalue weighted by molar-refractivity contribution is 6.36. The van der Waals surface area contributed by atoms with Crippen LogP contribution >= 0.6 is 34.8 Å². The summed E-state index contributed by atoms with van der Waals surface area (Å²) >= 11 is 18.0. The molecule has 0 heterocycles. The van der Waals surface area contributed by atoms with Crippen LogP contribution in [0.4, 0.5) is 23.2 Å². The number of halogens is 7. The lowest BCUT2D eigenvalue weighted by atomic mass is 9.86. The molecule has 1 unspecified atom stereocenters. The van der Waals surface area contributed by atoms with Crippen molar-refractivity contribution in [2.75, 3.05) is 5.73 Å². The number of alkyl halides is 4. The molecule has 0 saturated heterocycles. The van der Waals surface area contributed by atoms with Crippen molar-refractivity contribution in [1.82, 2.24) is 0 Å². The van der Waals surface area contributed by atoms with Crippen LogP contribution in [-0.2, 0) is 12.1 Å². The maximum atomic E-state index is 15.6. The minimum Gasteiger partial charge on any atom is -0.398 e. The lowest BCUT2D eigenvalue weighted by Crippen LogP contribution is -2.39. The summed E-state index contributed by atoms with van der Waals surface area (Å²) in [5.41, 5.74) is 0.690. The molecule has 0 aliphatic carbocycles. The molecule has 3 nitrogen and oxygen atoms in total. The maximum absolute atomic E-state index is 15.6. The van der Waals surface area contributed by atoms with Crippen LogP contribution in [0.5, 0.6) is 0 Å². The number of hydrogen-bond donors (Lipinski definition) is 1. The Kier molecular flexibility index (Phi) is 6.94. The molecule has 0 fully saturated rings. The van der Waals surface area contributed by atoms with Gasteiger partial charge in [-0.25, -0.2) is 4.39 Å². The van der Waals surface area contributed by atoms with Crippen molar-refractivity contribution >= 4 is 46.3 Å². The van der Waals surface area contributed by atoms with E-state index in [0.717, 1.165) is 36.4 Å². The van der Waals surface area contributed by atoms with E-state index in [9.17, 15) is 18.0 Å². The minimum absolute atomic E-state index is 0.0237.